The Morgan fingerprint density at radius 2 is 1.97 bits per heavy atom. The number of hydrogen-bond donors (Lipinski definition) is 1. The molecule has 7 nitrogen and oxygen atoms in total. The molecule has 1 aliphatic carbocycles. The number of pyridine rings is 1. The van der Waals surface area contributed by atoms with Crippen LogP contribution in [-0.2, 0) is 9.59 Å². The van der Waals surface area contributed by atoms with Crippen LogP contribution in [0, 0.1) is 0 Å². The van der Waals surface area contributed by atoms with Crippen LogP contribution in [0.25, 0.3) is 0 Å². The van der Waals surface area contributed by atoms with Gasteiger partial charge in [-0.2, -0.15) is 0 Å². The second kappa shape index (κ2) is 11.0. The first-order valence-corrected chi connectivity index (χ1v) is 10.9. The number of alkyl halides is 1. The van der Waals surface area contributed by atoms with Crippen molar-refractivity contribution in [2.24, 2.45) is 0 Å². The maximum Gasteiger partial charge on any atom is 0.248 e. The maximum atomic E-state index is 13.5. The van der Waals surface area contributed by atoms with Gasteiger partial charge < -0.3 is 14.8 Å². The van der Waals surface area contributed by atoms with E-state index in [1.54, 1.807) is 49.8 Å². The van der Waals surface area contributed by atoms with E-state index in [9.17, 15) is 9.59 Å². The van der Waals surface area contributed by atoms with Crippen LogP contribution in [0.5, 0.6) is 11.5 Å². The van der Waals surface area contributed by atoms with Gasteiger partial charge in [0, 0.05) is 30.1 Å². The Bertz CT molecular complexity index is 888. The first-order valence-electron chi connectivity index (χ1n) is 10.4. The lowest BCUT2D eigenvalue weighted by molar-refractivity contribution is -0.126. The molecule has 0 spiro atoms. The number of nitrogens with one attached hydrogen (secondary N) is 1. The van der Waals surface area contributed by atoms with Crippen molar-refractivity contribution in [2.75, 3.05) is 25.0 Å². The van der Waals surface area contributed by atoms with Gasteiger partial charge in [-0.3, -0.25) is 19.5 Å². The predicted octanol–water partition coefficient (Wildman–Crippen LogP) is 3.86. The van der Waals surface area contributed by atoms with Crippen molar-refractivity contribution in [1.29, 1.82) is 0 Å². The van der Waals surface area contributed by atoms with Gasteiger partial charge in [0.05, 0.1) is 19.9 Å². The number of halogens is 1. The van der Waals surface area contributed by atoms with Gasteiger partial charge in [-0.05, 0) is 31.0 Å². The van der Waals surface area contributed by atoms with Crippen molar-refractivity contribution in [3.05, 3.63) is 48.3 Å². The smallest absolute Gasteiger partial charge is 0.248 e. The molecule has 1 fully saturated rings. The standard InChI is InChI=1S/C23H28ClN3O4/c1-30-18-10-11-19(20(13-18)31-2)27(21(28)14-24)22(16-7-6-12-25-15-16)23(29)26-17-8-4-3-5-9-17/h6-7,10-13,15,17,22H,3-5,8-9,14H2,1-2H3,(H,26,29)/t22-/m1/s1. The van der Waals surface area contributed by atoms with Crippen molar-refractivity contribution in [3.8, 4) is 11.5 Å². The summed E-state index contributed by atoms with van der Waals surface area (Å²) in [7, 11) is 3.05. The molecular formula is C23H28ClN3O4. The van der Waals surface area contributed by atoms with E-state index >= 15 is 0 Å². The van der Waals surface area contributed by atoms with E-state index in [-0.39, 0.29) is 17.8 Å². The highest BCUT2D eigenvalue weighted by Gasteiger charge is 2.35. The molecular weight excluding hydrogens is 418 g/mol. The van der Waals surface area contributed by atoms with Crippen LogP contribution in [0.3, 0.4) is 0 Å². The Hall–Kier alpha value is -2.80. The number of aromatic nitrogens is 1. The molecule has 166 valence electrons. The summed E-state index contributed by atoms with van der Waals surface area (Å²) in [5.74, 6) is -0.00232. The van der Waals surface area contributed by atoms with E-state index < -0.39 is 11.9 Å². The molecule has 0 bridgehead atoms. The topological polar surface area (TPSA) is 80.8 Å². The summed E-state index contributed by atoms with van der Waals surface area (Å²) >= 11 is 5.97. The van der Waals surface area contributed by atoms with E-state index in [1.165, 1.54) is 18.4 Å². The van der Waals surface area contributed by atoms with Crippen LogP contribution in [-0.4, -0.2) is 42.9 Å². The number of hydrogen-bond acceptors (Lipinski definition) is 5. The molecule has 0 unspecified atom stereocenters. The van der Waals surface area contributed by atoms with Crippen molar-refractivity contribution >= 4 is 29.1 Å². The molecule has 0 aliphatic heterocycles. The largest absolute Gasteiger partial charge is 0.497 e. The molecule has 1 heterocycles. The normalized spacial score (nSPS) is 15.1. The van der Waals surface area contributed by atoms with Gasteiger partial charge in [0.25, 0.3) is 0 Å². The van der Waals surface area contributed by atoms with E-state index in [0.717, 1.165) is 25.7 Å². The SMILES string of the molecule is COc1ccc(N(C(=O)CCl)[C@@H](C(=O)NC2CCCCC2)c2cccnc2)c(OC)c1. The van der Waals surface area contributed by atoms with E-state index in [4.69, 9.17) is 21.1 Å². The quantitative estimate of drug-likeness (QED) is 0.624. The molecule has 1 saturated carbocycles. The van der Waals surface area contributed by atoms with Gasteiger partial charge in [-0.25, -0.2) is 0 Å². The average Bonchev–Trinajstić information content (AvgIpc) is 2.82. The Morgan fingerprint density at radius 1 is 1.19 bits per heavy atom. The molecule has 1 aromatic heterocycles. The third-order valence-corrected chi connectivity index (χ3v) is 5.72. The molecule has 1 atom stereocenters. The molecule has 2 amide bonds. The molecule has 1 aliphatic rings. The third kappa shape index (κ3) is 5.47. The highest BCUT2D eigenvalue weighted by molar-refractivity contribution is 6.30. The zero-order valence-corrected chi connectivity index (χ0v) is 18.6. The summed E-state index contributed by atoms with van der Waals surface area (Å²) in [4.78, 5) is 32.1. The van der Waals surface area contributed by atoms with Crippen molar-refractivity contribution in [1.82, 2.24) is 10.3 Å². The number of anilines is 1. The number of amides is 2. The van der Waals surface area contributed by atoms with Crippen LogP contribution >= 0.6 is 11.6 Å². The second-order valence-corrected chi connectivity index (χ2v) is 7.73. The third-order valence-electron chi connectivity index (χ3n) is 5.49. The molecule has 8 heteroatoms. The molecule has 1 aromatic carbocycles. The lowest BCUT2D eigenvalue weighted by atomic mass is 9.94. The van der Waals surface area contributed by atoms with Crippen molar-refractivity contribution < 1.29 is 19.1 Å². The molecule has 3 rings (SSSR count). The first kappa shape index (κ1) is 22.9. The van der Waals surface area contributed by atoms with Crippen LogP contribution < -0.4 is 19.7 Å². The Morgan fingerprint density at radius 3 is 2.58 bits per heavy atom. The summed E-state index contributed by atoms with van der Waals surface area (Å²) in [5, 5.41) is 3.14. The van der Waals surface area contributed by atoms with E-state index in [1.807, 2.05) is 0 Å². The number of ether oxygens (including phenoxy) is 2. The van der Waals surface area contributed by atoms with E-state index in [2.05, 4.69) is 10.3 Å². The maximum absolute atomic E-state index is 13.5. The lowest BCUT2D eigenvalue weighted by Gasteiger charge is -2.33. The predicted molar refractivity (Wildman–Crippen MR) is 120 cm³/mol. The minimum absolute atomic E-state index is 0.0890. The fraction of sp³-hybridized carbons (Fsp3) is 0.435. The molecule has 0 radical (unpaired) electrons. The number of nitrogens with zero attached hydrogens (tertiary/aromatic N) is 2. The molecule has 2 aromatic rings. The van der Waals surface area contributed by atoms with Gasteiger partial charge >= 0.3 is 0 Å². The minimum Gasteiger partial charge on any atom is -0.497 e. The van der Waals surface area contributed by atoms with Gasteiger partial charge in [-0.1, -0.05) is 25.3 Å². The van der Waals surface area contributed by atoms with Crippen LogP contribution in [0.15, 0.2) is 42.7 Å². The second-order valence-electron chi connectivity index (χ2n) is 7.47. The van der Waals surface area contributed by atoms with Crippen molar-refractivity contribution in [3.63, 3.8) is 0 Å². The fourth-order valence-corrected chi connectivity index (χ4v) is 4.08. The Labute approximate surface area is 187 Å². The van der Waals surface area contributed by atoms with Crippen LogP contribution in [0.2, 0.25) is 0 Å². The van der Waals surface area contributed by atoms with Gasteiger partial charge in [0.1, 0.15) is 23.4 Å². The molecule has 0 saturated heterocycles. The molecule has 31 heavy (non-hydrogen) atoms. The fourth-order valence-electron chi connectivity index (χ4n) is 3.95. The summed E-state index contributed by atoms with van der Waals surface area (Å²) in [6.07, 6.45) is 8.43. The Kier molecular flexibility index (Phi) is 8.12. The highest BCUT2D eigenvalue weighted by Crippen LogP contribution is 2.37. The zero-order chi connectivity index (χ0) is 22.2. The Balaban J connectivity index is 2.06. The summed E-state index contributed by atoms with van der Waals surface area (Å²) in [6, 6.07) is 7.75. The number of carbonyl (C=O) groups excluding carboxylic acids is 2. The van der Waals surface area contributed by atoms with Crippen LogP contribution in [0.4, 0.5) is 5.69 Å². The van der Waals surface area contributed by atoms with Gasteiger partial charge in [-0.15, -0.1) is 11.6 Å². The first-order chi connectivity index (χ1) is 15.1. The van der Waals surface area contributed by atoms with Gasteiger partial charge in [0.2, 0.25) is 11.8 Å². The zero-order valence-electron chi connectivity index (χ0n) is 17.8. The number of carbonyl (C=O) groups is 2. The average molecular weight is 446 g/mol. The number of benzene rings is 1. The highest BCUT2D eigenvalue weighted by atomic mass is 35.5. The minimum atomic E-state index is -0.941. The molecule has 1 N–H and O–H groups in total. The van der Waals surface area contributed by atoms with Crippen LogP contribution in [0.1, 0.15) is 43.7 Å². The lowest BCUT2D eigenvalue weighted by Crippen LogP contribution is -2.47. The van der Waals surface area contributed by atoms with Crippen molar-refractivity contribution in [2.45, 2.75) is 44.2 Å². The summed E-state index contributed by atoms with van der Waals surface area (Å²) in [6.45, 7) is 0. The summed E-state index contributed by atoms with van der Waals surface area (Å²) < 4.78 is 10.8. The monoisotopic (exact) mass is 445 g/mol. The number of methoxy groups -OCH3 is 2. The summed E-state index contributed by atoms with van der Waals surface area (Å²) in [5.41, 5.74) is 1.02. The van der Waals surface area contributed by atoms with E-state index in [0.29, 0.717) is 22.7 Å². The van der Waals surface area contributed by atoms with Gasteiger partial charge in [0.15, 0.2) is 0 Å². The number of rotatable bonds is 8.